The Labute approximate surface area is 144 Å². The molecule has 0 heterocycles. The molecule has 1 amide bonds. The normalized spacial score (nSPS) is 10.7. The Balaban J connectivity index is 2.13. The zero-order chi connectivity index (χ0) is 18.6. The lowest BCUT2D eigenvalue weighted by Crippen LogP contribution is -2.25. The number of nitrogens with two attached hydrogens (primary N) is 1. The summed E-state index contributed by atoms with van der Waals surface area (Å²) >= 11 is 0. The molecule has 0 saturated carbocycles. The van der Waals surface area contributed by atoms with Gasteiger partial charge in [0.1, 0.15) is 11.4 Å². The number of nitro groups is 1. The maximum absolute atomic E-state index is 14.0. The van der Waals surface area contributed by atoms with Gasteiger partial charge in [-0.3, -0.25) is 14.9 Å². The van der Waals surface area contributed by atoms with E-state index in [0.717, 1.165) is 0 Å². The van der Waals surface area contributed by atoms with Gasteiger partial charge < -0.3 is 16.0 Å². The molecule has 7 nitrogen and oxygen atoms in total. The summed E-state index contributed by atoms with van der Waals surface area (Å²) < 4.78 is 14.0. The minimum atomic E-state index is -0.678. The van der Waals surface area contributed by atoms with Crippen LogP contribution in [0.1, 0.15) is 21.5 Å². The number of nitrogen functional groups attached to an aromatic ring is 1. The maximum atomic E-state index is 14.0. The number of amides is 1. The van der Waals surface area contributed by atoms with Gasteiger partial charge in [0.25, 0.3) is 11.6 Å². The average molecular weight is 346 g/mol. The first kappa shape index (κ1) is 18.3. The monoisotopic (exact) mass is 346 g/mol. The van der Waals surface area contributed by atoms with Crippen LogP contribution in [0.15, 0.2) is 36.4 Å². The average Bonchev–Trinajstić information content (AvgIpc) is 2.54. The van der Waals surface area contributed by atoms with Crippen LogP contribution in [0.2, 0.25) is 0 Å². The molecule has 2 aromatic rings. The predicted octanol–water partition coefficient (Wildman–Crippen LogP) is 2.31. The van der Waals surface area contributed by atoms with Crippen LogP contribution >= 0.6 is 0 Å². The first-order valence-electron chi connectivity index (χ1n) is 7.52. The third kappa shape index (κ3) is 4.51. The zero-order valence-corrected chi connectivity index (χ0v) is 14.0. The molecule has 0 radical (unpaired) electrons. The van der Waals surface area contributed by atoms with Gasteiger partial charge in [0.2, 0.25) is 0 Å². The molecule has 0 unspecified atom stereocenters. The van der Waals surface area contributed by atoms with Crippen LogP contribution in [-0.4, -0.2) is 29.8 Å². The van der Waals surface area contributed by atoms with Gasteiger partial charge in [-0.05, 0) is 31.8 Å². The number of anilines is 1. The van der Waals surface area contributed by atoms with Crippen molar-refractivity contribution in [3.05, 3.63) is 69.0 Å². The van der Waals surface area contributed by atoms with Gasteiger partial charge in [-0.2, -0.15) is 0 Å². The molecule has 0 aliphatic rings. The molecule has 0 spiro atoms. The summed E-state index contributed by atoms with van der Waals surface area (Å²) in [5.74, 6) is -1.05. The van der Waals surface area contributed by atoms with E-state index in [1.165, 1.54) is 24.3 Å². The molecule has 25 heavy (non-hydrogen) atoms. The smallest absolute Gasteiger partial charge is 0.284 e. The van der Waals surface area contributed by atoms with Crippen LogP contribution in [0.3, 0.4) is 0 Å². The van der Waals surface area contributed by atoms with Gasteiger partial charge >= 0.3 is 0 Å². The summed E-state index contributed by atoms with van der Waals surface area (Å²) in [5.41, 5.74) is 6.23. The van der Waals surface area contributed by atoms with Crippen LogP contribution in [0.25, 0.3) is 0 Å². The molecule has 8 heteroatoms. The first-order valence-corrected chi connectivity index (χ1v) is 7.52. The third-order valence-electron chi connectivity index (χ3n) is 3.56. The second-order valence-corrected chi connectivity index (χ2v) is 5.84. The van der Waals surface area contributed by atoms with Crippen molar-refractivity contribution in [2.75, 3.05) is 19.8 Å². The fraction of sp³-hybridized carbons (Fsp3) is 0.235. The Morgan fingerprint density at radius 2 is 2.04 bits per heavy atom. The highest BCUT2D eigenvalue weighted by molar-refractivity contribution is 6.03. The highest BCUT2D eigenvalue weighted by atomic mass is 19.1. The van der Waals surface area contributed by atoms with Crippen LogP contribution in [0.4, 0.5) is 15.8 Å². The Bertz CT molecular complexity index is 808. The molecule has 2 aromatic carbocycles. The first-order chi connectivity index (χ1) is 11.8. The fourth-order valence-corrected chi connectivity index (χ4v) is 2.40. The van der Waals surface area contributed by atoms with E-state index in [2.05, 4.69) is 5.32 Å². The summed E-state index contributed by atoms with van der Waals surface area (Å²) in [6.45, 7) is 0.495. The van der Waals surface area contributed by atoms with Crippen LogP contribution in [0.5, 0.6) is 0 Å². The molecule has 0 saturated heterocycles. The number of benzene rings is 2. The van der Waals surface area contributed by atoms with E-state index in [1.54, 1.807) is 12.1 Å². The SMILES string of the molecule is CN(C)Cc1ccc(CNC(=O)c2c(N)cccc2[N+](=O)[O-])cc1F. The molecular weight excluding hydrogens is 327 g/mol. The molecule has 132 valence electrons. The van der Waals surface area contributed by atoms with E-state index in [1.807, 2.05) is 19.0 Å². The van der Waals surface area contributed by atoms with Gasteiger partial charge in [-0.25, -0.2) is 4.39 Å². The third-order valence-corrected chi connectivity index (χ3v) is 3.56. The van der Waals surface area contributed by atoms with Crippen molar-refractivity contribution in [3.8, 4) is 0 Å². The quantitative estimate of drug-likeness (QED) is 0.475. The second-order valence-electron chi connectivity index (χ2n) is 5.84. The van der Waals surface area contributed by atoms with E-state index in [4.69, 9.17) is 5.73 Å². The lowest BCUT2D eigenvalue weighted by atomic mass is 10.1. The summed E-state index contributed by atoms with van der Waals surface area (Å²) in [7, 11) is 3.68. The number of carbonyl (C=O) groups excluding carboxylic acids is 1. The Hall–Kier alpha value is -3.00. The van der Waals surface area contributed by atoms with Crippen molar-refractivity contribution in [3.63, 3.8) is 0 Å². The van der Waals surface area contributed by atoms with Crippen molar-refractivity contribution >= 4 is 17.3 Å². The van der Waals surface area contributed by atoms with E-state index in [-0.39, 0.29) is 29.3 Å². The minimum Gasteiger partial charge on any atom is -0.398 e. The Morgan fingerprint density at radius 3 is 2.64 bits per heavy atom. The van der Waals surface area contributed by atoms with Crippen LogP contribution in [0, 0.1) is 15.9 Å². The predicted molar refractivity (Wildman–Crippen MR) is 92.5 cm³/mol. The van der Waals surface area contributed by atoms with Gasteiger partial charge in [-0.1, -0.05) is 18.2 Å². The second kappa shape index (κ2) is 7.71. The molecular formula is C17H19FN4O3. The van der Waals surface area contributed by atoms with Gasteiger partial charge in [-0.15, -0.1) is 0 Å². The van der Waals surface area contributed by atoms with E-state index < -0.39 is 10.8 Å². The number of halogens is 1. The molecule has 0 atom stereocenters. The number of nitro benzene ring substituents is 1. The summed E-state index contributed by atoms with van der Waals surface area (Å²) in [5, 5.41) is 13.6. The molecule has 0 aromatic heterocycles. The standard InChI is InChI=1S/C17H19FN4O3/c1-21(2)10-12-7-6-11(8-13(12)18)9-20-17(23)16-14(19)4-3-5-15(16)22(24)25/h3-8H,9-10,19H2,1-2H3,(H,20,23). The summed E-state index contributed by atoms with van der Waals surface area (Å²) in [4.78, 5) is 24.5. The Kier molecular flexibility index (Phi) is 5.66. The molecule has 0 aliphatic heterocycles. The van der Waals surface area contributed by atoms with Gasteiger partial charge in [0.05, 0.1) is 10.6 Å². The topological polar surface area (TPSA) is 102 Å². The van der Waals surface area contributed by atoms with Crippen LogP contribution in [-0.2, 0) is 13.1 Å². The fourth-order valence-electron chi connectivity index (χ4n) is 2.40. The van der Waals surface area contributed by atoms with E-state index >= 15 is 0 Å². The largest absolute Gasteiger partial charge is 0.398 e. The highest BCUT2D eigenvalue weighted by Gasteiger charge is 2.22. The number of carbonyl (C=O) groups is 1. The van der Waals surface area contributed by atoms with E-state index in [9.17, 15) is 19.3 Å². The van der Waals surface area contributed by atoms with E-state index in [0.29, 0.717) is 17.7 Å². The molecule has 0 aliphatic carbocycles. The summed E-state index contributed by atoms with van der Waals surface area (Å²) in [6, 6.07) is 8.71. The minimum absolute atomic E-state index is 0.0132. The van der Waals surface area contributed by atoms with Gasteiger partial charge in [0.15, 0.2) is 0 Å². The zero-order valence-electron chi connectivity index (χ0n) is 14.0. The lowest BCUT2D eigenvalue weighted by Gasteiger charge is -2.12. The maximum Gasteiger partial charge on any atom is 0.284 e. The Morgan fingerprint density at radius 1 is 1.32 bits per heavy atom. The molecule has 0 bridgehead atoms. The highest BCUT2D eigenvalue weighted by Crippen LogP contribution is 2.24. The lowest BCUT2D eigenvalue weighted by molar-refractivity contribution is -0.385. The van der Waals surface area contributed by atoms with Gasteiger partial charge in [0, 0.05) is 24.7 Å². The molecule has 0 fully saturated rings. The van der Waals surface area contributed by atoms with Crippen molar-refractivity contribution in [1.82, 2.24) is 10.2 Å². The summed E-state index contributed by atoms with van der Waals surface area (Å²) in [6.07, 6.45) is 0. The number of hydrogen-bond acceptors (Lipinski definition) is 5. The van der Waals surface area contributed by atoms with Crippen molar-refractivity contribution in [2.24, 2.45) is 0 Å². The number of hydrogen-bond donors (Lipinski definition) is 2. The van der Waals surface area contributed by atoms with Crippen molar-refractivity contribution < 1.29 is 14.1 Å². The molecule has 2 rings (SSSR count). The molecule has 3 N–H and O–H groups in total. The number of nitrogens with zero attached hydrogens (tertiary/aromatic N) is 2. The number of rotatable bonds is 6. The van der Waals surface area contributed by atoms with Crippen molar-refractivity contribution in [1.29, 1.82) is 0 Å². The number of nitrogens with one attached hydrogen (secondary N) is 1. The van der Waals surface area contributed by atoms with Crippen LogP contribution < -0.4 is 11.1 Å². The van der Waals surface area contributed by atoms with Crippen molar-refractivity contribution in [2.45, 2.75) is 13.1 Å².